The minimum absolute atomic E-state index is 0.00522. The van der Waals surface area contributed by atoms with Crippen LogP contribution in [0.2, 0.25) is 0 Å². The maximum Gasteiger partial charge on any atom is 0.306 e. The Labute approximate surface area is 289 Å². The Hall–Kier alpha value is -3.35. The third kappa shape index (κ3) is 11.7. The highest BCUT2D eigenvalue weighted by Gasteiger charge is 2.33. The largest absolute Gasteiger partial charge is 0.460 e. The fourth-order valence-electron chi connectivity index (χ4n) is 6.09. The van der Waals surface area contributed by atoms with Crippen molar-refractivity contribution >= 4 is 17.6 Å². The van der Waals surface area contributed by atoms with Gasteiger partial charge in [0.25, 0.3) is 0 Å². The molecule has 3 aliphatic rings. The van der Waals surface area contributed by atoms with Crippen molar-refractivity contribution in [3.8, 4) is 11.1 Å². The van der Waals surface area contributed by atoms with Gasteiger partial charge in [0.2, 0.25) is 0 Å². The van der Waals surface area contributed by atoms with E-state index in [9.17, 15) is 9.18 Å². The van der Waals surface area contributed by atoms with E-state index in [0.717, 1.165) is 78.6 Å². The average Bonchev–Trinajstić information content (AvgIpc) is 3.89. The van der Waals surface area contributed by atoms with Crippen molar-refractivity contribution in [2.24, 2.45) is 11.8 Å². The van der Waals surface area contributed by atoms with Crippen LogP contribution in [-0.4, -0.2) is 35.6 Å². The van der Waals surface area contributed by atoms with Gasteiger partial charge in [0.1, 0.15) is 11.4 Å². The van der Waals surface area contributed by atoms with E-state index < -0.39 is 11.4 Å². The SMILES string of the molecule is C=C1CCCCc2c1nc(C1CC1)c(/C=C/[C@H]1COC(C)(C)OC[C@@H](CC(=O)OC(C)(C)C)C1)c2-c1ccc(F)cc1.C=CC=C.CC. The summed E-state index contributed by atoms with van der Waals surface area (Å²) in [5, 5.41) is 0. The van der Waals surface area contributed by atoms with Crippen molar-refractivity contribution in [1.82, 2.24) is 4.98 Å². The quantitative estimate of drug-likeness (QED) is 0.168. The van der Waals surface area contributed by atoms with Gasteiger partial charge in [0, 0.05) is 17.4 Å². The van der Waals surface area contributed by atoms with E-state index in [1.165, 1.54) is 5.56 Å². The number of carbonyl (C=O) groups excluding carboxylic acids is 1. The minimum Gasteiger partial charge on any atom is -0.460 e. The number of nitrogens with zero attached hydrogens (tertiary/aromatic N) is 1. The Balaban J connectivity index is 0.000000970. The van der Waals surface area contributed by atoms with Crippen LogP contribution in [0.1, 0.15) is 122 Å². The molecule has 5 nitrogen and oxygen atoms in total. The lowest BCUT2D eigenvalue weighted by Crippen LogP contribution is -2.37. The standard InChI is InChI=1S/C36H46FNO4.C4H6.C2H6/c1-23-9-7-8-10-29-32(26-14-16-28(37)17-15-26)30(34(27-12-13-27)38-33(23)29)18-11-24-19-25(20-31(39)42-35(2,3)4)22-41-36(5,6)40-21-24;1-3-4-2;1-2/h11,14-18,24-25,27H,1,7-10,12-13,19-22H2,2-6H3;3-4H,1-2H2;1-2H3/b18-11+;;/t24-,25-;;/m1../s1. The van der Waals surface area contributed by atoms with Gasteiger partial charge >= 0.3 is 5.97 Å². The van der Waals surface area contributed by atoms with Crippen LogP contribution < -0.4 is 0 Å². The van der Waals surface area contributed by atoms with E-state index in [2.05, 4.69) is 31.9 Å². The third-order valence-corrected chi connectivity index (χ3v) is 8.48. The zero-order valence-electron chi connectivity index (χ0n) is 30.5. The molecule has 0 amide bonds. The molecule has 2 aliphatic carbocycles. The Morgan fingerprint density at radius 2 is 1.67 bits per heavy atom. The molecule has 0 unspecified atom stereocenters. The third-order valence-electron chi connectivity index (χ3n) is 8.48. The Bertz CT molecular complexity index is 1420. The van der Waals surface area contributed by atoms with Crippen molar-refractivity contribution < 1.29 is 23.4 Å². The van der Waals surface area contributed by atoms with Crippen LogP contribution in [0.5, 0.6) is 0 Å². The highest BCUT2D eigenvalue weighted by atomic mass is 19.1. The lowest BCUT2D eigenvalue weighted by molar-refractivity contribution is -0.234. The number of aromatic nitrogens is 1. The van der Waals surface area contributed by atoms with Crippen molar-refractivity contribution in [3.63, 3.8) is 0 Å². The fraction of sp³-hybridized carbons (Fsp3) is 0.524. The molecule has 0 spiro atoms. The molecule has 1 aromatic heterocycles. The van der Waals surface area contributed by atoms with Gasteiger partial charge in [-0.05, 0) is 120 Å². The Kier molecular flexibility index (Phi) is 14.6. The number of benzene rings is 1. The first-order chi connectivity index (χ1) is 22.8. The van der Waals surface area contributed by atoms with Gasteiger partial charge in [-0.15, -0.1) is 0 Å². The van der Waals surface area contributed by atoms with E-state index in [-0.39, 0.29) is 23.6 Å². The Morgan fingerprint density at radius 1 is 1.04 bits per heavy atom. The first-order valence-electron chi connectivity index (χ1n) is 17.7. The molecule has 1 saturated carbocycles. The van der Waals surface area contributed by atoms with Gasteiger partial charge in [-0.25, -0.2) is 4.39 Å². The molecule has 2 heterocycles. The van der Waals surface area contributed by atoms with E-state index >= 15 is 0 Å². The van der Waals surface area contributed by atoms with Crippen LogP contribution in [0.25, 0.3) is 22.8 Å². The van der Waals surface area contributed by atoms with Crippen LogP contribution in [0.4, 0.5) is 4.39 Å². The molecule has 0 N–H and O–H groups in total. The molecule has 2 atom stereocenters. The van der Waals surface area contributed by atoms with Gasteiger partial charge in [0.15, 0.2) is 5.79 Å². The number of hydrogen-bond acceptors (Lipinski definition) is 5. The number of allylic oxidation sites excluding steroid dienone is 3. The molecule has 1 saturated heterocycles. The molecule has 5 rings (SSSR count). The highest BCUT2D eigenvalue weighted by molar-refractivity contribution is 5.84. The van der Waals surface area contributed by atoms with Crippen molar-refractivity contribution in [1.29, 1.82) is 0 Å². The van der Waals surface area contributed by atoms with E-state index in [1.807, 2.05) is 60.6 Å². The summed E-state index contributed by atoms with van der Waals surface area (Å²) >= 11 is 0. The molecule has 2 fully saturated rings. The molecule has 0 radical (unpaired) electrons. The van der Waals surface area contributed by atoms with Crippen molar-refractivity contribution in [3.05, 3.63) is 90.6 Å². The van der Waals surface area contributed by atoms with Crippen molar-refractivity contribution in [2.75, 3.05) is 13.2 Å². The second-order valence-electron chi connectivity index (χ2n) is 14.2. The number of ether oxygens (including phenoxy) is 3. The predicted octanol–water partition coefficient (Wildman–Crippen LogP) is 11.0. The lowest BCUT2D eigenvalue weighted by Gasteiger charge is -2.34. The topological polar surface area (TPSA) is 57.7 Å². The molecule has 6 heteroatoms. The summed E-state index contributed by atoms with van der Waals surface area (Å²) in [5.41, 5.74) is 7.24. The summed E-state index contributed by atoms with van der Waals surface area (Å²) in [5.74, 6) is -0.694. The molecule has 262 valence electrons. The summed E-state index contributed by atoms with van der Waals surface area (Å²) in [7, 11) is 0. The molecule has 48 heavy (non-hydrogen) atoms. The smallest absolute Gasteiger partial charge is 0.306 e. The monoisotopic (exact) mass is 659 g/mol. The summed E-state index contributed by atoms with van der Waals surface area (Å²) in [4.78, 5) is 18.0. The molecular formula is C42H58FNO4. The average molecular weight is 660 g/mol. The van der Waals surface area contributed by atoms with Crippen molar-refractivity contribution in [2.45, 2.75) is 117 Å². The summed E-state index contributed by atoms with van der Waals surface area (Å²) in [6.45, 7) is 25.6. The fourth-order valence-corrected chi connectivity index (χ4v) is 6.09. The summed E-state index contributed by atoms with van der Waals surface area (Å²) in [6, 6.07) is 6.87. The zero-order valence-corrected chi connectivity index (χ0v) is 30.5. The predicted molar refractivity (Wildman–Crippen MR) is 197 cm³/mol. The second kappa shape index (κ2) is 17.9. The maximum absolute atomic E-state index is 14.0. The van der Waals surface area contributed by atoms with Gasteiger partial charge in [-0.1, -0.05) is 70.0 Å². The normalized spacial score (nSPS) is 20.8. The highest BCUT2D eigenvalue weighted by Crippen LogP contribution is 2.47. The van der Waals surface area contributed by atoms with Crippen LogP contribution in [0.15, 0.2) is 62.2 Å². The van der Waals surface area contributed by atoms with Crippen LogP contribution >= 0.6 is 0 Å². The van der Waals surface area contributed by atoms with Gasteiger partial charge in [-0.3, -0.25) is 9.78 Å². The van der Waals surface area contributed by atoms with Crippen LogP contribution in [0.3, 0.4) is 0 Å². The molecule has 0 bridgehead atoms. The first-order valence-corrected chi connectivity index (χ1v) is 17.7. The molecular weight excluding hydrogens is 601 g/mol. The van der Waals surface area contributed by atoms with Crippen LogP contribution in [0, 0.1) is 17.7 Å². The second-order valence-corrected chi connectivity index (χ2v) is 14.2. The zero-order chi connectivity index (χ0) is 35.5. The number of carbonyl (C=O) groups is 1. The maximum atomic E-state index is 14.0. The number of pyridine rings is 1. The number of rotatable bonds is 7. The Morgan fingerprint density at radius 3 is 2.27 bits per heavy atom. The van der Waals surface area contributed by atoms with Gasteiger partial charge in [0.05, 0.1) is 31.0 Å². The molecule has 1 aromatic carbocycles. The number of hydrogen-bond donors (Lipinski definition) is 0. The number of esters is 1. The summed E-state index contributed by atoms with van der Waals surface area (Å²) < 4.78 is 31.9. The molecule has 1 aliphatic heterocycles. The number of halogens is 1. The van der Waals surface area contributed by atoms with E-state index in [1.54, 1.807) is 24.3 Å². The van der Waals surface area contributed by atoms with Gasteiger partial charge < -0.3 is 14.2 Å². The van der Waals surface area contributed by atoms with Crippen LogP contribution in [-0.2, 0) is 25.4 Å². The number of fused-ring (bicyclic) bond motifs is 1. The molecule has 2 aromatic rings. The van der Waals surface area contributed by atoms with E-state index in [0.29, 0.717) is 25.6 Å². The minimum atomic E-state index is -0.747. The van der Waals surface area contributed by atoms with E-state index in [4.69, 9.17) is 19.2 Å². The lowest BCUT2D eigenvalue weighted by atomic mass is 9.87. The summed E-state index contributed by atoms with van der Waals surface area (Å²) in [6.07, 6.45) is 15.1. The van der Waals surface area contributed by atoms with Gasteiger partial charge in [-0.2, -0.15) is 0 Å². The first kappa shape index (κ1) is 39.1.